The van der Waals surface area contributed by atoms with Crippen molar-refractivity contribution in [2.24, 2.45) is 7.05 Å². The Hall–Kier alpha value is -1.71. The quantitative estimate of drug-likeness (QED) is 0.865. The second-order valence-electron chi connectivity index (χ2n) is 4.39. The fourth-order valence-electron chi connectivity index (χ4n) is 1.80. The molecular weight excluding hydrogens is 306 g/mol. The predicted octanol–water partition coefficient (Wildman–Crippen LogP) is 2.08. The minimum absolute atomic E-state index is 0.659. The van der Waals surface area contributed by atoms with Gasteiger partial charge in [0, 0.05) is 18.1 Å². The van der Waals surface area contributed by atoms with Gasteiger partial charge in [0.15, 0.2) is 0 Å². The van der Waals surface area contributed by atoms with Gasteiger partial charge >= 0.3 is 0 Å². The third-order valence-electron chi connectivity index (χ3n) is 2.84. The van der Waals surface area contributed by atoms with Crippen LogP contribution in [0.25, 0.3) is 0 Å². The van der Waals surface area contributed by atoms with Crippen molar-refractivity contribution in [1.82, 2.24) is 19.7 Å². The molecule has 0 spiro atoms. The molecule has 0 aliphatic rings. The zero-order valence-corrected chi connectivity index (χ0v) is 12.4. The number of aryl methyl sites for hydroxylation is 1. The van der Waals surface area contributed by atoms with Crippen LogP contribution in [-0.4, -0.2) is 26.7 Å². The van der Waals surface area contributed by atoms with Crippen LogP contribution in [0, 0.1) is 11.3 Å². The van der Waals surface area contributed by atoms with Crippen molar-refractivity contribution >= 4 is 15.9 Å². The Morgan fingerprint density at radius 1 is 1.42 bits per heavy atom. The number of nitrogens with zero attached hydrogens (tertiary/aromatic N) is 5. The molecule has 0 fully saturated rings. The maximum Gasteiger partial charge on any atom is 0.140 e. The SMILES string of the molecule is CN(Cc1ccc(C#N)cc1Br)Cc1ncnn1C. The molecule has 0 saturated heterocycles. The first-order chi connectivity index (χ1) is 9.10. The van der Waals surface area contributed by atoms with Crippen molar-refractivity contribution in [3.05, 3.63) is 46.0 Å². The van der Waals surface area contributed by atoms with E-state index in [0.29, 0.717) is 5.56 Å². The highest BCUT2D eigenvalue weighted by Gasteiger charge is 2.08. The molecule has 1 heterocycles. The molecule has 0 N–H and O–H groups in total. The lowest BCUT2D eigenvalue weighted by Gasteiger charge is -2.17. The largest absolute Gasteiger partial charge is 0.295 e. The second kappa shape index (κ2) is 5.95. The van der Waals surface area contributed by atoms with Crippen LogP contribution in [0.1, 0.15) is 17.0 Å². The molecule has 19 heavy (non-hydrogen) atoms. The lowest BCUT2D eigenvalue weighted by Crippen LogP contribution is -2.20. The van der Waals surface area contributed by atoms with Gasteiger partial charge < -0.3 is 0 Å². The van der Waals surface area contributed by atoms with Gasteiger partial charge in [-0.25, -0.2) is 4.98 Å². The molecule has 0 amide bonds. The van der Waals surface area contributed by atoms with E-state index in [4.69, 9.17) is 5.26 Å². The third-order valence-corrected chi connectivity index (χ3v) is 3.58. The van der Waals surface area contributed by atoms with Crippen molar-refractivity contribution in [3.63, 3.8) is 0 Å². The maximum atomic E-state index is 8.84. The topological polar surface area (TPSA) is 57.7 Å². The van der Waals surface area contributed by atoms with E-state index in [1.165, 1.54) is 0 Å². The van der Waals surface area contributed by atoms with E-state index in [-0.39, 0.29) is 0 Å². The van der Waals surface area contributed by atoms with Crippen molar-refractivity contribution in [2.45, 2.75) is 13.1 Å². The minimum Gasteiger partial charge on any atom is -0.295 e. The number of hydrogen-bond acceptors (Lipinski definition) is 4. The molecule has 6 heteroatoms. The molecule has 2 aromatic rings. The molecule has 0 unspecified atom stereocenters. The Kier molecular flexibility index (Phi) is 4.30. The van der Waals surface area contributed by atoms with E-state index < -0.39 is 0 Å². The average Bonchev–Trinajstić information content (AvgIpc) is 2.77. The maximum absolute atomic E-state index is 8.84. The Balaban J connectivity index is 2.05. The van der Waals surface area contributed by atoms with Gasteiger partial charge in [0.2, 0.25) is 0 Å². The van der Waals surface area contributed by atoms with Crippen LogP contribution < -0.4 is 0 Å². The van der Waals surface area contributed by atoms with Crippen LogP contribution in [0.5, 0.6) is 0 Å². The summed E-state index contributed by atoms with van der Waals surface area (Å²) in [4.78, 5) is 6.35. The van der Waals surface area contributed by atoms with Crippen molar-refractivity contribution in [1.29, 1.82) is 5.26 Å². The summed E-state index contributed by atoms with van der Waals surface area (Å²) in [6, 6.07) is 7.76. The first kappa shape index (κ1) is 13.7. The number of aromatic nitrogens is 3. The third kappa shape index (κ3) is 3.40. The zero-order valence-electron chi connectivity index (χ0n) is 10.8. The Morgan fingerprint density at radius 3 is 2.79 bits per heavy atom. The van der Waals surface area contributed by atoms with Crippen molar-refractivity contribution in [2.75, 3.05) is 7.05 Å². The summed E-state index contributed by atoms with van der Waals surface area (Å²) in [5, 5.41) is 12.9. The summed E-state index contributed by atoms with van der Waals surface area (Å²) in [6.07, 6.45) is 1.56. The van der Waals surface area contributed by atoms with Crippen LogP contribution in [0.2, 0.25) is 0 Å². The van der Waals surface area contributed by atoms with E-state index in [1.54, 1.807) is 11.0 Å². The predicted molar refractivity (Wildman–Crippen MR) is 75.0 cm³/mol. The smallest absolute Gasteiger partial charge is 0.140 e. The number of nitriles is 1. The van der Waals surface area contributed by atoms with Gasteiger partial charge in [0.1, 0.15) is 12.2 Å². The monoisotopic (exact) mass is 319 g/mol. The molecule has 0 aliphatic heterocycles. The first-order valence-electron chi connectivity index (χ1n) is 5.80. The normalized spacial score (nSPS) is 10.7. The minimum atomic E-state index is 0.659. The van der Waals surface area contributed by atoms with E-state index >= 15 is 0 Å². The Labute approximate surface area is 120 Å². The molecule has 2 rings (SSSR count). The summed E-state index contributed by atoms with van der Waals surface area (Å²) >= 11 is 3.50. The van der Waals surface area contributed by atoms with Gasteiger partial charge in [-0.15, -0.1) is 0 Å². The van der Waals surface area contributed by atoms with Gasteiger partial charge in [-0.05, 0) is 24.7 Å². The summed E-state index contributed by atoms with van der Waals surface area (Å²) in [7, 11) is 3.91. The van der Waals surface area contributed by atoms with Crippen LogP contribution in [-0.2, 0) is 20.1 Å². The van der Waals surface area contributed by atoms with Crippen LogP contribution >= 0.6 is 15.9 Å². The highest BCUT2D eigenvalue weighted by atomic mass is 79.9. The second-order valence-corrected chi connectivity index (χ2v) is 5.24. The Bertz CT molecular complexity index is 614. The number of halogens is 1. The first-order valence-corrected chi connectivity index (χ1v) is 6.59. The summed E-state index contributed by atoms with van der Waals surface area (Å²) in [5.41, 5.74) is 1.80. The highest BCUT2D eigenvalue weighted by Crippen LogP contribution is 2.20. The van der Waals surface area contributed by atoms with Crippen LogP contribution in [0.15, 0.2) is 29.0 Å². The molecule has 0 saturated carbocycles. The molecule has 1 aromatic carbocycles. The number of rotatable bonds is 4. The van der Waals surface area contributed by atoms with Crippen LogP contribution in [0.4, 0.5) is 0 Å². The molecular formula is C13H14BrN5. The van der Waals surface area contributed by atoms with Gasteiger partial charge in [-0.2, -0.15) is 10.4 Å². The molecule has 0 radical (unpaired) electrons. The van der Waals surface area contributed by atoms with Crippen molar-refractivity contribution in [3.8, 4) is 6.07 Å². The highest BCUT2D eigenvalue weighted by molar-refractivity contribution is 9.10. The van der Waals surface area contributed by atoms with E-state index in [0.717, 1.165) is 29.0 Å². The van der Waals surface area contributed by atoms with E-state index in [1.807, 2.05) is 32.3 Å². The molecule has 0 atom stereocenters. The average molecular weight is 320 g/mol. The summed E-state index contributed by atoms with van der Waals surface area (Å²) in [6.45, 7) is 1.50. The Morgan fingerprint density at radius 2 is 2.21 bits per heavy atom. The molecule has 1 aromatic heterocycles. The molecule has 0 bridgehead atoms. The number of benzene rings is 1. The van der Waals surface area contributed by atoms with Gasteiger partial charge in [0.05, 0.1) is 18.2 Å². The lowest BCUT2D eigenvalue weighted by molar-refractivity contribution is 0.305. The van der Waals surface area contributed by atoms with Crippen molar-refractivity contribution < 1.29 is 0 Å². The zero-order chi connectivity index (χ0) is 13.8. The van der Waals surface area contributed by atoms with Gasteiger partial charge in [-0.3, -0.25) is 9.58 Å². The molecule has 5 nitrogen and oxygen atoms in total. The fourth-order valence-corrected chi connectivity index (χ4v) is 2.30. The van der Waals surface area contributed by atoms with Gasteiger partial charge in [-0.1, -0.05) is 22.0 Å². The standard InChI is InChI=1S/C13H14BrN5/c1-18(8-13-16-9-17-19(13)2)7-11-4-3-10(6-15)5-12(11)14/h3-5,9H,7-8H2,1-2H3. The van der Waals surface area contributed by atoms with Crippen LogP contribution in [0.3, 0.4) is 0 Å². The van der Waals surface area contributed by atoms with E-state index in [2.05, 4.69) is 37.0 Å². The molecule has 98 valence electrons. The molecule has 0 aliphatic carbocycles. The summed E-state index contributed by atoms with van der Waals surface area (Å²) < 4.78 is 2.72. The van der Waals surface area contributed by atoms with E-state index in [9.17, 15) is 0 Å². The van der Waals surface area contributed by atoms with Gasteiger partial charge in [0.25, 0.3) is 0 Å². The lowest BCUT2D eigenvalue weighted by atomic mass is 10.1. The number of hydrogen-bond donors (Lipinski definition) is 0. The summed E-state index contributed by atoms with van der Waals surface area (Å²) in [5.74, 6) is 0.923. The fraction of sp³-hybridized carbons (Fsp3) is 0.308.